The summed E-state index contributed by atoms with van der Waals surface area (Å²) in [6.07, 6.45) is 5.10. The summed E-state index contributed by atoms with van der Waals surface area (Å²) >= 11 is 0. The van der Waals surface area contributed by atoms with Gasteiger partial charge in [-0.3, -0.25) is 0 Å². The van der Waals surface area contributed by atoms with Crippen LogP contribution in [0.2, 0.25) is 25.2 Å². The van der Waals surface area contributed by atoms with Crippen LogP contribution >= 0.6 is 0 Å². The van der Waals surface area contributed by atoms with Crippen molar-refractivity contribution in [3.63, 3.8) is 0 Å². The van der Waals surface area contributed by atoms with Gasteiger partial charge in [0.05, 0.1) is 0 Å². The first-order valence-corrected chi connectivity index (χ1v) is 11.0. The van der Waals surface area contributed by atoms with Crippen LogP contribution < -0.4 is 5.32 Å². The van der Waals surface area contributed by atoms with Crippen LogP contribution in [0.15, 0.2) is 0 Å². The van der Waals surface area contributed by atoms with E-state index >= 15 is 0 Å². The molecule has 1 fully saturated rings. The van der Waals surface area contributed by atoms with Crippen molar-refractivity contribution in [2.45, 2.75) is 44.4 Å². The van der Waals surface area contributed by atoms with Gasteiger partial charge < -0.3 is 18.7 Å². The Morgan fingerprint density at radius 2 is 2.24 bits per heavy atom. The largest absolute Gasteiger partial charge is 0.530 e. The Hall–Kier alpha value is -1.18. The van der Waals surface area contributed by atoms with E-state index in [1.54, 1.807) is 6.41 Å². The Kier molecular flexibility index (Phi) is 7.44. The molecule has 0 aromatic rings. The minimum Gasteiger partial charge on any atom is -0.530 e. The molecule has 0 bridgehead atoms. The average Bonchev–Trinajstić information content (AvgIpc) is 2.22. The number of hydrogen-bond donors (Lipinski definition) is 1. The summed E-state index contributed by atoms with van der Waals surface area (Å²) in [5, 5.41) is 2.59. The third kappa shape index (κ3) is 6.20. The molecule has 0 aliphatic carbocycles. The van der Waals surface area contributed by atoms with Gasteiger partial charge >= 0.3 is 9.28 Å². The average molecular weight is 527 g/mol. The van der Waals surface area contributed by atoms with Gasteiger partial charge in [-0.1, -0.05) is 6.42 Å². The molecule has 17 heavy (non-hydrogen) atoms. The van der Waals surface area contributed by atoms with Gasteiger partial charge in [0.15, 0.2) is 8.32 Å². The summed E-state index contributed by atoms with van der Waals surface area (Å²) in [5.74, 6) is 0. The zero-order valence-electron chi connectivity index (χ0n) is 11.0. The van der Waals surface area contributed by atoms with Crippen molar-refractivity contribution in [2.24, 2.45) is 0 Å². The second-order valence-corrected chi connectivity index (χ2v) is 10.9. The molecule has 96 valence electrons. The van der Waals surface area contributed by atoms with E-state index in [0.29, 0.717) is 6.54 Å². The first-order valence-electron chi connectivity index (χ1n) is 6.06. The van der Waals surface area contributed by atoms with E-state index in [4.69, 9.17) is 8.54 Å². The van der Waals surface area contributed by atoms with Crippen LogP contribution in [0.25, 0.3) is 0 Å². The van der Waals surface area contributed by atoms with Gasteiger partial charge in [0, 0.05) is 6.61 Å². The molecule has 1 N–H and O–H groups in total. The van der Waals surface area contributed by atoms with Crippen molar-refractivity contribution in [1.29, 1.82) is 0 Å². The number of rotatable bonds is 5. The molecule has 4 nitrogen and oxygen atoms in total. The maximum atomic E-state index is 10.0. The van der Waals surface area contributed by atoms with Gasteiger partial charge in [0.1, 0.15) is 0 Å². The number of amides is 1. The van der Waals surface area contributed by atoms with E-state index in [0.717, 1.165) is 19.1 Å². The van der Waals surface area contributed by atoms with E-state index in [2.05, 4.69) is 18.4 Å². The molecule has 0 radical (unpaired) electrons. The standard InChI is InChI=1S/C10H22NO3Si2.Rf/c1-15-13-7-3-4-8-16(2,14-15)9-5-6-11-10-12;/h15H,3-9H2,1-2H3,(H,11,12);/q-1;. The molecule has 1 saturated heterocycles. The molecule has 1 aliphatic rings. The fourth-order valence-corrected chi connectivity index (χ4v) is 9.22. The zero-order valence-corrected chi connectivity index (χ0v) is 19.5. The fourth-order valence-electron chi connectivity index (χ4n) is 2.13. The predicted octanol–water partition coefficient (Wildman–Crippen LogP) is 1.29. The summed E-state index contributed by atoms with van der Waals surface area (Å²) in [6.45, 7) is 6.01. The van der Waals surface area contributed by atoms with E-state index < -0.39 is 17.6 Å². The smallest absolute Gasteiger partial charge is 0.307 e. The van der Waals surface area contributed by atoms with Gasteiger partial charge in [-0.2, -0.15) is 6.41 Å². The molecule has 2 atom stereocenters. The Morgan fingerprint density at radius 1 is 1.47 bits per heavy atom. The van der Waals surface area contributed by atoms with Crippen molar-refractivity contribution in [3.8, 4) is 0 Å². The fraction of sp³-hybridized carbons (Fsp3) is 0.900. The van der Waals surface area contributed by atoms with Gasteiger partial charge in [0.2, 0.25) is 0 Å². The van der Waals surface area contributed by atoms with Gasteiger partial charge in [-0.05, 0) is 44.6 Å². The molecule has 1 rings (SSSR count). The van der Waals surface area contributed by atoms with Gasteiger partial charge in [-0.25, -0.2) is 0 Å². The van der Waals surface area contributed by atoms with Crippen LogP contribution in [-0.4, -0.2) is 37.2 Å². The van der Waals surface area contributed by atoms with Crippen molar-refractivity contribution in [3.05, 3.63) is 0 Å². The Morgan fingerprint density at radius 3 is 2.94 bits per heavy atom. The molecule has 0 spiro atoms. The molecule has 1 amide bonds. The second kappa shape index (κ2) is 7.99. The molecule has 0 aromatic heterocycles. The summed E-state index contributed by atoms with van der Waals surface area (Å²) in [7, 11) is -2.95. The van der Waals surface area contributed by atoms with E-state index in [-0.39, 0.29) is 0 Å². The van der Waals surface area contributed by atoms with Crippen molar-refractivity contribution in [1.82, 2.24) is 5.32 Å². The van der Waals surface area contributed by atoms with Crippen molar-refractivity contribution < 1.29 is 13.3 Å². The van der Waals surface area contributed by atoms with Crippen LogP contribution in [0.1, 0.15) is 19.3 Å². The molecule has 2 unspecified atom stereocenters. The van der Waals surface area contributed by atoms with E-state index in [1.165, 1.54) is 18.9 Å². The summed E-state index contributed by atoms with van der Waals surface area (Å²) in [6, 6.07) is 2.35. The van der Waals surface area contributed by atoms with Crippen LogP contribution in [0.3, 0.4) is 0 Å². The van der Waals surface area contributed by atoms with Crippen LogP contribution in [0.5, 0.6) is 0 Å². The third-order valence-corrected chi connectivity index (χ3v) is 10.1. The number of carbonyl (C=O) groups excluding carboxylic acids is 1. The molecule has 1 heterocycles. The second-order valence-electron chi connectivity index (χ2n) is 4.60. The Balaban J connectivity index is 0.00000256. The van der Waals surface area contributed by atoms with Crippen molar-refractivity contribution in [2.75, 3.05) is 13.2 Å². The monoisotopic (exact) mass is 527 g/mol. The maximum Gasteiger partial charge on any atom is 0.307 e. The van der Waals surface area contributed by atoms with Gasteiger partial charge in [-0.15, -0.1) is 0 Å². The Bertz CT molecular complexity index is 224. The number of nitrogens with one attached hydrogen (secondary N) is 1. The normalized spacial score (nSPS) is 29.6. The molecular weight excluding hydrogens is 505 g/mol. The molecular formula is C10H22NO3RfSi2-. The van der Waals surface area contributed by atoms with Crippen LogP contribution in [-0.2, 0) is 13.3 Å². The molecule has 1 aliphatic heterocycles. The topological polar surface area (TPSA) is 47.6 Å². The predicted molar refractivity (Wildman–Crippen MR) is 68.8 cm³/mol. The van der Waals surface area contributed by atoms with E-state index in [9.17, 15) is 4.79 Å². The first kappa shape index (κ1) is 15.8. The number of hydrogen-bond acceptors (Lipinski definition) is 3. The Labute approximate surface area is 101 Å². The van der Waals surface area contributed by atoms with Gasteiger partial charge in [0.25, 0.3) is 0 Å². The quantitative estimate of drug-likeness (QED) is 0.254. The first-order chi connectivity index (χ1) is 7.66. The summed E-state index contributed by atoms with van der Waals surface area (Å²) in [5.41, 5.74) is 0. The summed E-state index contributed by atoms with van der Waals surface area (Å²) in [4.78, 5) is 10.0. The third-order valence-electron chi connectivity index (χ3n) is 2.98. The van der Waals surface area contributed by atoms with Crippen molar-refractivity contribution >= 4 is 24.0 Å². The molecule has 0 saturated carbocycles. The minimum absolute atomic E-state index is 0. The minimum atomic E-state index is -1.57. The SMILES string of the molecule is C[SiH]1OCCCC[Si](C)(CCCN[C-]=O)O1.[Rf]. The van der Waals surface area contributed by atoms with E-state index in [1.807, 2.05) is 0 Å². The van der Waals surface area contributed by atoms with Crippen LogP contribution in [0, 0.1) is 0 Å². The summed E-state index contributed by atoms with van der Waals surface area (Å²) < 4.78 is 11.9. The maximum absolute atomic E-state index is 10.0. The van der Waals surface area contributed by atoms with Crippen LogP contribution in [0.4, 0.5) is 0 Å². The molecule has 0 aromatic carbocycles. The molecule has 7 heteroatoms. The zero-order chi connectivity index (χ0) is 11.9.